The molecule has 2 aromatic carbocycles. The predicted octanol–water partition coefficient (Wildman–Crippen LogP) is 9.32. The van der Waals surface area contributed by atoms with Crippen LogP contribution < -0.4 is 9.47 Å². The first kappa shape index (κ1) is 28.8. The van der Waals surface area contributed by atoms with Gasteiger partial charge in [-0.15, -0.1) is 0 Å². The molecule has 0 spiro atoms. The molecule has 0 radical (unpaired) electrons. The number of unbranched alkanes of at least 4 members (excludes halogenated alkanes) is 4. The maximum atomic E-state index is 13.6. The Kier molecular flexibility index (Phi) is 11.0. The molecular formula is C34H46O3. The Labute approximate surface area is 225 Å². The number of ketones is 1. The van der Waals surface area contributed by atoms with Gasteiger partial charge in [0.2, 0.25) is 0 Å². The van der Waals surface area contributed by atoms with E-state index in [9.17, 15) is 4.79 Å². The molecule has 1 aliphatic carbocycles. The molecule has 1 saturated carbocycles. The normalized spacial score (nSPS) is 18.4. The Hall–Kier alpha value is -2.81. The van der Waals surface area contributed by atoms with E-state index in [1.54, 1.807) is 0 Å². The minimum absolute atomic E-state index is 0.116. The van der Waals surface area contributed by atoms with Gasteiger partial charge < -0.3 is 9.47 Å². The Balaban J connectivity index is 1.75. The highest BCUT2D eigenvalue weighted by atomic mass is 16.5. The van der Waals surface area contributed by atoms with Crippen LogP contribution in [0.15, 0.2) is 59.7 Å². The molecule has 1 aliphatic rings. The smallest absolute Gasteiger partial charge is 0.185 e. The van der Waals surface area contributed by atoms with Gasteiger partial charge in [-0.1, -0.05) is 84.6 Å². The molecule has 2 aromatic rings. The van der Waals surface area contributed by atoms with Gasteiger partial charge in [0.05, 0.1) is 13.2 Å². The van der Waals surface area contributed by atoms with E-state index >= 15 is 0 Å². The topological polar surface area (TPSA) is 35.5 Å². The highest BCUT2D eigenvalue weighted by molar-refractivity contribution is 6.14. The van der Waals surface area contributed by atoms with Gasteiger partial charge in [0.1, 0.15) is 11.5 Å². The Bertz CT molecular complexity index is 958. The molecule has 1 fully saturated rings. The number of rotatable bonds is 12. The monoisotopic (exact) mass is 502 g/mol. The lowest BCUT2D eigenvalue weighted by atomic mass is 9.68. The molecule has 3 nitrogen and oxygen atoms in total. The fraction of sp³-hybridized carbons (Fsp3) is 0.500. The number of allylic oxidation sites excluding steroid dienone is 2. The van der Waals surface area contributed by atoms with Crippen molar-refractivity contribution in [3.8, 4) is 11.5 Å². The zero-order valence-electron chi connectivity index (χ0n) is 23.6. The van der Waals surface area contributed by atoms with Crippen molar-refractivity contribution in [3.63, 3.8) is 0 Å². The molecule has 0 saturated heterocycles. The Morgan fingerprint density at radius 2 is 1.11 bits per heavy atom. The summed E-state index contributed by atoms with van der Waals surface area (Å²) in [7, 11) is 0. The summed E-state index contributed by atoms with van der Waals surface area (Å²) in [5.41, 5.74) is 3.99. The van der Waals surface area contributed by atoms with Crippen LogP contribution in [0.2, 0.25) is 0 Å². The Morgan fingerprint density at radius 1 is 0.703 bits per heavy atom. The molecule has 1 unspecified atom stereocenters. The van der Waals surface area contributed by atoms with Gasteiger partial charge in [-0.05, 0) is 84.6 Å². The number of ether oxygens (including phenoxy) is 2. The molecule has 0 N–H and O–H groups in total. The highest BCUT2D eigenvalue weighted by Crippen LogP contribution is 2.42. The average Bonchev–Trinajstić information content (AvgIpc) is 2.88. The fourth-order valence-electron chi connectivity index (χ4n) is 4.66. The molecule has 0 heterocycles. The molecule has 3 rings (SSSR count). The van der Waals surface area contributed by atoms with Crippen LogP contribution in [-0.2, 0) is 4.79 Å². The summed E-state index contributed by atoms with van der Waals surface area (Å²) in [5.74, 6) is 2.35. The van der Waals surface area contributed by atoms with Gasteiger partial charge in [0.15, 0.2) is 5.78 Å². The lowest BCUT2D eigenvalue weighted by molar-refractivity contribution is -0.113. The Morgan fingerprint density at radius 3 is 1.46 bits per heavy atom. The molecule has 3 heteroatoms. The van der Waals surface area contributed by atoms with Crippen molar-refractivity contribution >= 4 is 17.9 Å². The van der Waals surface area contributed by atoms with E-state index in [2.05, 4.69) is 71.0 Å². The maximum absolute atomic E-state index is 13.6. The average molecular weight is 503 g/mol. The second-order valence-corrected chi connectivity index (χ2v) is 11.4. The molecule has 1 atom stereocenters. The van der Waals surface area contributed by atoms with Crippen LogP contribution in [0.25, 0.3) is 12.2 Å². The summed E-state index contributed by atoms with van der Waals surface area (Å²) in [6.45, 7) is 12.7. The van der Waals surface area contributed by atoms with Gasteiger partial charge >= 0.3 is 0 Å². The van der Waals surface area contributed by atoms with Crippen LogP contribution in [0.3, 0.4) is 0 Å². The van der Waals surface area contributed by atoms with Gasteiger partial charge in [0.25, 0.3) is 0 Å². The predicted molar refractivity (Wildman–Crippen MR) is 156 cm³/mol. The molecule has 0 aliphatic heterocycles. The van der Waals surface area contributed by atoms with Crippen LogP contribution in [0.1, 0.15) is 97.1 Å². The summed E-state index contributed by atoms with van der Waals surface area (Å²) >= 11 is 0. The second-order valence-electron chi connectivity index (χ2n) is 11.4. The first-order valence-corrected chi connectivity index (χ1v) is 14.2. The minimum atomic E-state index is 0.116. The SMILES string of the molecule is CCCCCOc1ccc(/C=C2/CC(C(C)(C)C)C/C(=C\c3ccc(OCCCCC)cc3)C2=O)cc1. The van der Waals surface area contributed by atoms with E-state index in [1.165, 1.54) is 25.7 Å². The first-order valence-electron chi connectivity index (χ1n) is 14.2. The lowest BCUT2D eigenvalue weighted by Gasteiger charge is -2.35. The number of benzene rings is 2. The molecule has 0 bridgehead atoms. The van der Waals surface area contributed by atoms with Crippen LogP contribution in [0.5, 0.6) is 11.5 Å². The van der Waals surface area contributed by atoms with E-state index in [1.807, 2.05) is 24.3 Å². The van der Waals surface area contributed by atoms with Crippen LogP contribution >= 0.6 is 0 Å². The number of hydrogen-bond donors (Lipinski definition) is 0. The van der Waals surface area contributed by atoms with Gasteiger partial charge in [-0.25, -0.2) is 0 Å². The summed E-state index contributed by atoms with van der Waals surface area (Å²) in [6, 6.07) is 16.3. The van der Waals surface area contributed by atoms with Crippen molar-refractivity contribution < 1.29 is 14.3 Å². The lowest BCUT2D eigenvalue weighted by Crippen LogP contribution is -2.29. The first-order chi connectivity index (χ1) is 17.8. The van der Waals surface area contributed by atoms with Crippen molar-refractivity contribution in [1.82, 2.24) is 0 Å². The standard InChI is InChI=1S/C34H46O3/c1-6-8-10-20-36-31-16-12-26(13-17-31)22-28-24-30(34(3,4)5)25-29(33(28)35)23-27-14-18-32(19-15-27)37-21-11-9-7-2/h12-19,22-23,30H,6-11,20-21,24-25H2,1-5H3/b28-22-,29-23+. The largest absolute Gasteiger partial charge is 0.494 e. The van der Waals surface area contributed by atoms with Crippen molar-refractivity contribution in [1.29, 1.82) is 0 Å². The number of carbonyl (C=O) groups excluding carboxylic acids is 1. The minimum Gasteiger partial charge on any atom is -0.494 e. The molecule has 0 aromatic heterocycles. The van der Waals surface area contributed by atoms with Crippen molar-refractivity contribution in [2.24, 2.45) is 11.3 Å². The van der Waals surface area contributed by atoms with Crippen molar-refractivity contribution in [3.05, 3.63) is 70.8 Å². The third-order valence-electron chi connectivity index (χ3n) is 7.22. The fourth-order valence-corrected chi connectivity index (χ4v) is 4.66. The number of Topliss-reactive ketones (excluding diaryl/α,β-unsaturated/α-hetero) is 1. The summed E-state index contributed by atoms with van der Waals surface area (Å²) in [5, 5.41) is 0. The van der Waals surface area contributed by atoms with E-state index in [-0.39, 0.29) is 11.2 Å². The zero-order chi connectivity index (χ0) is 26.7. The molecular weight excluding hydrogens is 456 g/mol. The van der Waals surface area contributed by atoms with Crippen LogP contribution in [0, 0.1) is 11.3 Å². The highest BCUT2D eigenvalue weighted by Gasteiger charge is 2.34. The van der Waals surface area contributed by atoms with E-state index < -0.39 is 0 Å². The quantitative estimate of drug-likeness (QED) is 0.214. The zero-order valence-corrected chi connectivity index (χ0v) is 23.6. The summed E-state index contributed by atoms with van der Waals surface area (Å²) in [6.07, 6.45) is 12.7. The number of hydrogen-bond acceptors (Lipinski definition) is 3. The molecule has 0 amide bonds. The third kappa shape index (κ3) is 9.22. The summed E-state index contributed by atoms with van der Waals surface area (Å²) in [4.78, 5) is 13.6. The van der Waals surface area contributed by atoms with E-state index in [0.29, 0.717) is 5.92 Å². The van der Waals surface area contributed by atoms with Crippen molar-refractivity contribution in [2.75, 3.05) is 13.2 Å². The molecule has 37 heavy (non-hydrogen) atoms. The van der Waals surface area contributed by atoms with Crippen LogP contribution in [0.4, 0.5) is 0 Å². The second kappa shape index (κ2) is 14.2. The van der Waals surface area contributed by atoms with Gasteiger partial charge in [-0.2, -0.15) is 0 Å². The van der Waals surface area contributed by atoms with Crippen LogP contribution in [-0.4, -0.2) is 19.0 Å². The molecule has 200 valence electrons. The van der Waals surface area contributed by atoms with E-state index in [4.69, 9.17) is 9.47 Å². The third-order valence-corrected chi connectivity index (χ3v) is 7.22. The maximum Gasteiger partial charge on any atom is 0.185 e. The van der Waals surface area contributed by atoms with E-state index in [0.717, 1.165) is 72.7 Å². The summed E-state index contributed by atoms with van der Waals surface area (Å²) < 4.78 is 11.7. The van der Waals surface area contributed by atoms with Gasteiger partial charge in [0, 0.05) is 11.1 Å². The number of carbonyl (C=O) groups is 1. The van der Waals surface area contributed by atoms with Crippen molar-refractivity contribution in [2.45, 2.75) is 86.0 Å². The van der Waals surface area contributed by atoms with Gasteiger partial charge in [-0.3, -0.25) is 4.79 Å².